The van der Waals surface area contributed by atoms with E-state index in [9.17, 15) is 22.6 Å². The van der Waals surface area contributed by atoms with Crippen molar-refractivity contribution in [3.63, 3.8) is 0 Å². The van der Waals surface area contributed by atoms with Crippen molar-refractivity contribution in [2.45, 2.75) is 129 Å². The van der Waals surface area contributed by atoms with Crippen molar-refractivity contribution in [2.24, 2.45) is 0 Å². The van der Waals surface area contributed by atoms with E-state index < -0.39 is 27.8 Å². The molecular weight excluding hydrogens is 853 g/mol. The second-order valence-electron chi connectivity index (χ2n) is 18.3. The summed E-state index contributed by atoms with van der Waals surface area (Å²) >= 11 is 0. The predicted molar refractivity (Wildman–Crippen MR) is 272 cm³/mol. The van der Waals surface area contributed by atoms with Gasteiger partial charge in [-0.15, -0.1) is 0 Å². The molecule has 0 aromatic heterocycles. The Kier molecular flexibility index (Phi) is 22.1. The van der Waals surface area contributed by atoms with Gasteiger partial charge < -0.3 is 39.0 Å². The van der Waals surface area contributed by atoms with Gasteiger partial charge in [-0.2, -0.15) is 0 Å². The number of nitrogens with zero attached hydrogens (tertiary/aromatic N) is 4. The number of anilines is 3. The number of hydrogen-bond donors (Lipinski definition) is 2. The third kappa shape index (κ3) is 16.5. The zero-order valence-corrected chi connectivity index (χ0v) is 42.4. The molecule has 0 fully saturated rings. The smallest absolute Gasteiger partial charge is 0.242 e. The number of methoxy groups -OCH3 is 1. The number of unbranched alkanes of at least 4 members (excludes halogenated alkanes) is 13. The quantitative estimate of drug-likeness (QED) is 0.0225. The third-order valence-electron chi connectivity index (χ3n) is 12.5. The molecule has 4 rings (SSSR count). The van der Waals surface area contributed by atoms with E-state index in [0.717, 1.165) is 75.1 Å². The molecule has 0 radical (unpaired) electrons. The summed E-state index contributed by atoms with van der Waals surface area (Å²) in [4.78, 5) is 32.9. The first-order valence-electron chi connectivity index (χ1n) is 24.4. The molecule has 1 unspecified atom stereocenters. The zero-order chi connectivity index (χ0) is 48.2. The van der Waals surface area contributed by atoms with Gasteiger partial charge in [-0.3, -0.25) is 9.59 Å². The minimum absolute atomic E-state index is 0.102. The topological polar surface area (TPSA) is 150 Å². The molecule has 1 aliphatic carbocycles. The van der Waals surface area contributed by atoms with Gasteiger partial charge in [-0.1, -0.05) is 90.4 Å². The molecule has 0 saturated heterocycles. The highest BCUT2D eigenvalue weighted by Gasteiger charge is 2.25. The molecular formula is C52H80N6O7S. The number of fused-ring (bicyclic) bond motifs is 2. The van der Waals surface area contributed by atoms with E-state index in [1.807, 2.05) is 42.3 Å². The molecule has 0 saturated carbocycles. The van der Waals surface area contributed by atoms with Gasteiger partial charge in [0.25, 0.3) is 0 Å². The maximum absolute atomic E-state index is 13.3. The van der Waals surface area contributed by atoms with E-state index in [-0.39, 0.29) is 18.7 Å². The van der Waals surface area contributed by atoms with Gasteiger partial charge in [0.2, 0.25) is 17.2 Å². The molecule has 0 spiro atoms. The van der Waals surface area contributed by atoms with Crippen LogP contribution in [0.15, 0.2) is 52.9 Å². The Labute approximate surface area is 396 Å². The van der Waals surface area contributed by atoms with Gasteiger partial charge in [0.1, 0.15) is 37.2 Å². The van der Waals surface area contributed by atoms with Crippen LogP contribution in [0.4, 0.5) is 17.1 Å². The number of hydrogen-bond acceptors (Lipinski definition) is 10. The Hall–Kier alpha value is -4.82. The van der Waals surface area contributed by atoms with Gasteiger partial charge in [-0.05, 0) is 50.5 Å². The van der Waals surface area contributed by atoms with Crippen molar-refractivity contribution in [3.05, 3.63) is 53.9 Å². The van der Waals surface area contributed by atoms with E-state index >= 15 is 0 Å². The predicted octanol–water partition coefficient (Wildman–Crippen LogP) is 9.00. The van der Waals surface area contributed by atoms with Crippen LogP contribution in [0.3, 0.4) is 0 Å². The lowest BCUT2D eigenvalue weighted by atomic mass is 9.92. The molecule has 2 N–H and O–H groups in total. The summed E-state index contributed by atoms with van der Waals surface area (Å²) in [5, 5.41) is 7.57. The summed E-state index contributed by atoms with van der Waals surface area (Å²) in [6, 6.07) is 15.6. The lowest BCUT2D eigenvalue weighted by Gasteiger charge is -2.30. The molecule has 366 valence electrons. The van der Waals surface area contributed by atoms with Crippen molar-refractivity contribution in [1.82, 2.24) is 15.2 Å². The molecule has 1 heterocycles. The average Bonchev–Trinajstić information content (AvgIpc) is 3.28. The Morgan fingerprint density at radius 3 is 1.97 bits per heavy atom. The van der Waals surface area contributed by atoms with E-state index in [4.69, 9.17) is 9.15 Å². The Balaban J connectivity index is 1.41. The van der Waals surface area contributed by atoms with Crippen LogP contribution in [0.25, 0.3) is 33.4 Å². The number of nitrogens with one attached hydrogen (secondary N) is 2. The van der Waals surface area contributed by atoms with Crippen LogP contribution < -0.4 is 40.0 Å². The molecule has 2 aromatic carbocycles. The molecule has 1 aliphatic heterocycles. The first-order valence-corrected chi connectivity index (χ1v) is 26.0. The first-order chi connectivity index (χ1) is 31.6. The third-order valence-corrected chi connectivity index (χ3v) is 13.2. The molecule has 13 nitrogen and oxygen atoms in total. The number of carbonyl (C=O) groups is 2. The standard InChI is InChI=1S/C52H80N6O7S/c1-10-12-13-14-15-16-17-18-19-20-21-22-23-24-32-53-52(60)44(31-34-66(61,62)63)54-50(59)26-25-33-58(11-2)46-38-47(64-9)43(37-45(46)57(7)8)51-41-29-27-39(55(3)4)35-48(41)65-49-36-40(56(5)6)28-30-42(49)51/h27-30,35-38,44H,10-26,31-34H2,1-9H3,(H2-,53,54,59,60,61,62,63). The first kappa shape index (κ1) is 53.8. The van der Waals surface area contributed by atoms with Crippen LogP contribution in [-0.2, 0) is 19.7 Å². The van der Waals surface area contributed by atoms with Gasteiger partial charge in [0, 0.05) is 106 Å². The molecule has 66 heavy (non-hydrogen) atoms. The second-order valence-corrected chi connectivity index (χ2v) is 19.8. The summed E-state index contributed by atoms with van der Waals surface area (Å²) in [5.41, 5.74) is 6.53. The molecule has 2 amide bonds. The van der Waals surface area contributed by atoms with Crippen molar-refractivity contribution in [1.29, 1.82) is 0 Å². The molecule has 2 aromatic rings. The van der Waals surface area contributed by atoms with E-state index in [0.29, 0.717) is 31.8 Å². The zero-order valence-electron chi connectivity index (χ0n) is 41.6. The maximum Gasteiger partial charge on any atom is 0.242 e. The minimum Gasteiger partial charge on any atom is -0.748 e. The lowest BCUT2D eigenvalue weighted by Crippen LogP contribution is -2.47. The van der Waals surface area contributed by atoms with Crippen LogP contribution >= 0.6 is 0 Å². The Morgan fingerprint density at radius 2 is 1.41 bits per heavy atom. The summed E-state index contributed by atoms with van der Waals surface area (Å²) in [5.74, 6) is -0.148. The Morgan fingerprint density at radius 1 is 0.773 bits per heavy atom. The SMILES string of the molecule is CCCCCCCCCCCCCCCCNC(=O)C(CCS(=O)(=O)[O-])NC(=O)CCCN(CC)c1cc(OC)c(-c2c3ccc(=[N+](C)C)cc-3oc3cc(N(C)C)ccc23)cc1N(C)C. The fraction of sp³-hybridized carbons (Fsp3) is 0.596. The van der Waals surface area contributed by atoms with E-state index in [2.05, 4.69) is 92.3 Å². The van der Waals surface area contributed by atoms with Gasteiger partial charge >= 0.3 is 0 Å². The van der Waals surface area contributed by atoms with Crippen LogP contribution in [0.1, 0.15) is 123 Å². The highest BCUT2D eigenvalue weighted by molar-refractivity contribution is 7.85. The van der Waals surface area contributed by atoms with Gasteiger partial charge in [0.15, 0.2) is 0 Å². The van der Waals surface area contributed by atoms with Crippen molar-refractivity contribution in [3.8, 4) is 28.2 Å². The van der Waals surface area contributed by atoms with Crippen molar-refractivity contribution < 1.29 is 31.7 Å². The van der Waals surface area contributed by atoms with Crippen molar-refractivity contribution >= 4 is 50.0 Å². The summed E-state index contributed by atoms with van der Waals surface area (Å²) in [6.45, 7) is 5.91. The van der Waals surface area contributed by atoms with Crippen LogP contribution in [0, 0.1) is 0 Å². The molecule has 2 aliphatic rings. The van der Waals surface area contributed by atoms with Crippen molar-refractivity contribution in [2.75, 3.05) is 89.5 Å². The minimum atomic E-state index is -4.58. The normalized spacial score (nSPS) is 12.0. The number of rotatable bonds is 30. The lowest BCUT2D eigenvalue weighted by molar-refractivity contribution is -0.129. The Bertz CT molecular complexity index is 2300. The highest BCUT2D eigenvalue weighted by Crippen LogP contribution is 2.47. The summed E-state index contributed by atoms with van der Waals surface area (Å²) in [7, 11) is 9.14. The summed E-state index contributed by atoms with van der Waals surface area (Å²) < 4.78 is 49.5. The van der Waals surface area contributed by atoms with Crippen LogP contribution in [-0.4, -0.2) is 106 Å². The molecule has 1 atom stereocenters. The monoisotopic (exact) mass is 933 g/mol. The summed E-state index contributed by atoms with van der Waals surface area (Å²) in [6.07, 6.45) is 17.5. The largest absolute Gasteiger partial charge is 0.748 e. The fourth-order valence-corrected chi connectivity index (χ4v) is 9.10. The number of benzene rings is 3. The highest BCUT2D eigenvalue weighted by atomic mass is 32.2. The van der Waals surface area contributed by atoms with Gasteiger partial charge in [0.05, 0.1) is 34.7 Å². The van der Waals surface area contributed by atoms with E-state index in [1.165, 1.54) is 70.6 Å². The number of amides is 2. The second kappa shape index (κ2) is 27.1. The van der Waals surface area contributed by atoms with Crippen LogP contribution in [0.2, 0.25) is 0 Å². The van der Waals surface area contributed by atoms with Gasteiger partial charge in [-0.25, -0.2) is 13.0 Å². The maximum atomic E-state index is 13.3. The fourth-order valence-electron chi connectivity index (χ4n) is 8.58. The number of ether oxygens (including phenoxy) is 1. The van der Waals surface area contributed by atoms with Crippen LogP contribution in [0.5, 0.6) is 5.75 Å². The average molecular weight is 933 g/mol. The molecule has 0 bridgehead atoms. The number of carbonyl (C=O) groups excluding carboxylic acids is 2. The molecule has 14 heteroatoms. The van der Waals surface area contributed by atoms with E-state index in [1.54, 1.807) is 7.11 Å².